The Morgan fingerprint density at radius 3 is 1.88 bits per heavy atom. The third-order valence-electron chi connectivity index (χ3n) is 5.90. The number of benzene rings is 3. The Kier molecular flexibility index (Phi) is 7.60. The van der Waals surface area contributed by atoms with Crippen LogP contribution in [-0.2, 0) is 11.8 Å². The monoisotopic (exact) mass is 607 g/mol. The first-order chi connectivity index (χ1) is 18.9. The number of carbonyl (C=O) groups is 1. The second-order valence-corrected chi connectivity index (χ2v) is 9.00. The zero-order chi connectivity index (χ0) is 30.4. The van der Waals surface area contributed by atoms with Crippen LogP contribution >= 0.6 is 11.6 Å². The van der Waals surface area contributed by atoms with Crippen LogP contribution in [0.4, 0.5) is 45.2 Å². The average Bonchev–Trinajstić information content (AvgIpc) is 3.34. The molecular formula is C26H15ClF9N3O2. The van der Waals surface area contributed by atoms with Crippen molar-refractivity contribution in [3.63, 3.8) is 0 Å². The van der Waals surface area contributed by atoms with Crippen molar-refractivity contribution in [3.05, 3.63) is 101 Å². The maximum absolute atomic E-state index is 13.4. The van der Waals surface area contributed by atoms with Gasteiger partial charge in [0.15, 0.2) is 5.69 Å². The van der Waals surface area contributed by atoms with Crippen LogP contribution in [0, 0.1) is 0 Å². The summed E-state index contributed by atoms with van der Waals surface area (Å²) < 4.78 is 120. The summed E-state index contributed by atoms with van der Waals surface area (Å²) in [6, 6.07) is 14.2. The Morgan fingerprint density at radius 1 is 0.805 bits per heavy atom. The fourth-order valence-corrected chi connectivity index (χ4v) is 4.03. The van der Waals surface area contributed by atoms with Crippen molar-refractivity contribution in [1.29, 1.82) is 0 Å². The van der Waals surface area contributed by atoms with E-state index in [2.05, 4.69) is 10.4 Å². The van der Waals surface area contributed by atoms with Gasteiger partial charge in [-0.3, -0.25) is 4.79 Å². The molecule has 4 rings (SSSR count). The van der Waals surface area contributed by atoms with E-state index in [0.717, 1.165) is 22.9 Å². The quantitative estimate of drug-likeness (QED) is 0.228. The summed E-state index contributed by atoms with van der Waals surface area (Å²) in [5.74, 6) is -0.832. The highest BCUT2D eigenvalue weighted by Crippen LogP contribution is 2.50. The van der Waals surface area contributed by atoms with Gasteiger partial charge in [-0.1, -0.05) is 48.0 Å². The molecule has 1 aromatic heterocycles. The fourth-order valence-electron chi connectivity index (χ4n) is 3.81. The second kappa shape index (κ2) is 10.4. The molecule has 0 aliphatic carbocycles. The third-order valence-corrected chi connectivity index (χ3v) is 6.22. The second-order valence-electron chi connectivity index (χ2n) is 8.59. The largest absolute Gasteiger partial charge is 0.435 e. The highest BCUT2D eigenvalue weighted by atomic mass is 35.5. The zero-order valence-electron chi connectivity index (χ0n) is 20.0. The first-order valence-corrected chi connectivity index (χ1v) is 11.6. The SMILES string of the molecule is O=C(Nc1ccc(C(O)(C(F)(F)F)C(F)(F)F)cc1)c1ccc(-c2cc(C(F)(F)F)nn2-c2ccccc2Cl)cc1. The highest BCUT2D eigenvalue weighted by molar-refractivity contribution is 6.32. The number of hydrogen-bond acceptors (Lipinski definition) is 3. The van der Waals surface area contributed by atoms with E-state index >= 15 is 0 Å². The molecule has 2 N–H and O–H groups in total. The number of carbonyl (C=O) groups excluding carboxylic acids is 1. The summed E-state index contributed by atoms with van der Waals surface area (Å²) in [5, 5.41) is 15.5. The summed E-state index contributed by atoms with van der Waals surface area (Å²) in [6.07, 6.45) is -16.9. The maximum atomic E-state index is 13.4. The normalized spacial score (nSPS) is 12.9. The molecule has 0 fully saturated rings. The van der Waals surface area contributed by atoms with Gasteiger partial charge in [-0.15, -0.1) is 0 Å². The van der Waals surface area contributed by atoms with E-state index < -0.39 is 41.3 Å². The topological polar surface area (TPSA) is 67.2 Å². The number of aliphatic hydroxyl groups is 1. The summed E-state index contributed by atoms with van der Waals surface area (Å²) in [5.41, 5.74) is -7.69. The predicted octanol–water partition coefficient (Wildman–Crippen LogP) is 7.78. The molecule has 0 radical (unpaired) electrons. The number of anilines is 1. The first kappa shape index (κ1) is 29.9. The van der Waals surface area contributed by atoms with Crippen molar-refractivity contribution in [2.24, 2.45) is 0 Å². The van der Waals surface area contributed by atoms with Crippen LogP contribution in [0.25, 0.3) is 16.9 Å². The number of rotatable bonds is 5. The van der Waals surface area contributed by atoms with Crippen molar-refractivity contribution < 1.29 is 49.4 Å². The first-order valence-electron chi connectivity index (χ1n) is 11.2. The number of alkyl halides is 9. The van der Waals surface area contributed by atoms with Crippen LogP contribution in [0.3, 0.4) is 0 Å². The van der Waals surface area contributed by atoms with E-state index in [1.54, 1.807) is 12.1 Å². The van der Waals surface area contributed by atoms with Crippen LogP contribution in [-0.4, -0.2) is 33.1 Å². The van der Waals surface area contributed by atoms with Crippen molar-refractivity contribution in [1.82, 2.24) is 9.78 Å². The minimum atomic E-state index is -6.07. The van der Waals surface area contributed by atoms with Gasteiger partial charge in [-0.05, 0) is 42.5 Å². The summed E-state index contributed by atoms with van der Waals surface area (Å²) in [6.45, 7) is 0. The van der Waals surface area contributed by atoms with Crippen LogP contribution < -0.4 is 5.32 Å². The molecule has 1 amide bonds. The molecule has 0 atom stereocenters. The zero-order valence-corrected chi connectivity index (χ0v) is 20.8. The number of nitrogens with one attached hydrogen (secondary N) is 1. The molecule has 0 spiro atoms. The lowest BCUT2D eigenvalue weighted by atomic mass is 9.92. The molecule has 0 saturated carbocycles. The van der Waals surface area contributed by atoms with E-state index in [1.165, 1.54) is 36.4 Å². The molecule has 0 unspecified atom stereocenters. The smallest absolute Gasteiger partial charge is 0.369 e. The number of halogens is 10. The predicted molar refractivity (Wildman–Crippen MR) is 129 cm³/mol. The van der Waals surface area contributed by atoms with Crippen molar-refractivity contribution >= 4 is 23.2 Å². The van der Waals surface area contributed by atoms with Crippen LogP contribution in [0.5, 0.6) is 0 Å². The molecule has 41 heavy (non-hydrogen) atoms. The Labute approximate surface area is 229 Å². The number of nitrogens with zero attached hydrogens (tertiary/aromatic N) is 2. The van der Waals surface area contributed by atoms with Crippen molar-refractivity contribution in [2.75, 3.05) is 5.32 Å². The van der Waals surface area contributed by atoms with Gasteiger partial charge < -0.3 is 10.4 Å². The van der Waals surface area contributed by atoms with Crippen molar-refractivity contribution in [2.45, 2.75) is 24.1 Å². The molecule has 1 heterocycles. The molecule has 4 aromatic rings. The molecule has 0 saturated heterocycles. The Balaban J connectivity index is 1.59. The van der Waals surface area contributed by atoms with Gasteiger partial charge in [0, 0.05) is 22.4 Å². The van der Waals surface area contributed by atoms with E-state index in [0.29, 0.717) is 12.1 Å². The van der Waals surface area contributed by atoms with Crippen LogP contribution in [0.2, 0.25) is 5.02 Å². The Hall–Kier alpha value is -4.04. The third kappa shape index (κ3) is 5.75. The average molecular weight is 608 g/mol. The van der Waals surface area contributed by atoms with Gasteiger partial charge >= 0.3 is 18.5 Å². The van der Waals surface area contributed by atoms with E-state index in [1.807, 2.05) is 0 Å². The van der Waals surface area contributed by atoms with Gasteiger partial charge in [-0.2, -0.15) is 44.6 Å². The molecule has 216 valence electrons. The van der Waals surface area contributed by atoms with Gasteiger partial charge in [0.05, 0.1) is 16.4 Å². The van der Waals surface area contributed by atoms with E-state index in [9.17, 15) is 49.4 Å². The highest BCUT2D eigenvalue weighted by Gasteiger charge is 2.71. The Bertz CT molecular complexity index is 1550. The fraction of sp³-hybridized carbons (Fsp3) is 0.154. The summed E-state index contributed by atoms with van der Waals surface area (Å²) in [7, 11) is 0. The van der Waals surface area contributed by atoms with Gasteiger partial charge in [-0.25, -0.2) is 4.68 Å². The maximum Gasteiger partial charge on any atom is 0.435 e. The van der Waals surface area contributed by atoms with E-state index in [4.69, 9.17) is 11.6 Å². The number of para-hydroxylation sites is 1. The lowest BCUT2D eigenvalue weighted by molar-refractivity contribution is -0.376. The summed E-state index contributed by atoms with van der Waals surface area (Å²) >= 11 is 6.14. The molecule has 0 bridgehead atoms. The van der Waals surface area contributed by atoms with Crippen molar-refractivity contribution in [3.8, 4) is 16.9 Å². The molecule has 3 aromatic carbocycles. The van der Waals surface area contributed by atoms with Gasteiger partial charge in [0.25, 0.3) is 11.5 Å². The van der Waals surface area contributed by atoms with Gasteiger partial charge in [0.1, 0.15) is 0 Å². The number of aromatic nitrogens is 2. The number of amides is 1. The standard InChI is InChI=1S/C26H15ClF9N3O2/c27-18-3-1-2-4-19(18)39-20(13-21(38-39)24(28,29)30)14-5-7-15(8-6-14)22(40)37-17-11-9-16(10-12-17)23(41,25(31,32)33)26(34,35)36/h1-13,41H,(H,37,40). The minimum absolute atomic E-state index is 0.00483. The minimum Gasteiger partial charge on any atom is -0.369 e. The summed E-state index contributed by atoms with van der Waals surface area (Å²) in [4.78, 5) is 12.6. The molecule has 0 aliphatic heterocycles. The lowest BCUT2D eigenvalue weighted by Gasteiger charge is -2.32. The van der Waals surface area contributed by atoms with Crippen LogP contribution in [0.1, 0.15) is 21.6 Å². The molecule has 15 heteroatoms. The molecule has 5 nitrogen and oxygen atoms in total. The van der Waals surface area contributed by atoms with Gasteiger partial charge in [0.2, 0.25) is 0 Å². The van der Waals surface area contributed by atoms with E-state index in [-0.39, 0.29) is 33.2 Å². The molecular weight excluding hydrogens is 593 g/mol. The number of hydrogen-bond donors (Lipinski definition) is 2. The lowest BCUT2D eigenvalue weighted by Crippen LogP contribution is -2.53. The molecule has 0 aliphatic rings. The van der Waals surface area contributed by atoms with Crippen LogP contribution in [0.15, 0.2) is 78.9 Å². The Morgan fingerprint density at radius 2 is 1.37 bits per heavy atom.